The lowest BCUT2D eigenvalue weighted by molar-refractivity contribution is 0.264. The zero-order valence-electron chi connectivity index (χ0n) is 9.67. The molecule has 3 rings (SSSR count). The Balaban J connectivity index is 1.89. The first-order valence-electron chi connectivity index (χ1n) is 5.78. The van der Waals surface area contributed by atoms with E-state index in [9.17, 15) is 4.39 Å². The molecule has 2 heterocycles. The van der Waals surface area contributed by atoms with Gasteiger partial charge in [-0.05, 0) is 17.7 Å². The maximum Gasteiger partial charge on any atom is 0.213 e. The van der Waals surface area contributed by atoms with Crippen LogP contribution in [0.15, 0.2) is 42.6 Å². The van der Waals surface area contributed by atoms with Gasteiger partial charge in [-0.1, -0.05) is 18.2 Å². The average molecular weight is 245 g/mol. The van der Waals surface area contributed by atoms with Crippen LogP contribution in [-0.2, 0) is 4.74 Å². The zero-order chi connectivity index (χ0) is 12.4. The fraction of sp³-hybridized carbons (Fsp3) is 0.214. The standard InChI is InChI=1S/C14H12FNO2/c15-14-7-10(5-6-16-14)12-3-1-2-4-13(12)18-9-11-8-17-11/h1-7,11H,8-9H2/t11-/m0/s1. The Hall–Kier alpha value is -1.94. The van der Waals surface area contributed by atoms with Crippen LogP contribution in [0.3, 0.4) is 0 Å². The molecule has 2 aromatic rings. The maximum atomic E-state index is 13.1. The molecule has 4 heteroatoms. The minimum Gasteiger partial charge on any atom is -0.490 e. The van der Waals surface area contributed by atoms with E-state index in [1.54, 1.807) is 6.07 Å². The van der Waals surface area contributed by atoms with E-state index < -0.39 is 5.95 Å². The van der Waals surface area contributed by atoms with Crippen LogP contribution in [0.1, 0.15) is 0 Å². The highest BCUT2D eigenvalue weighted by Crippen LogP contribution is 2.30. The second-order valence-corrected chi connectivity index (χ2v) is 4.13. The summed E-state index contributed by atoms with van der Waals surface area (Å²) in [5.74, 6) is 0.242. The number of ether oxygens (including phenoxy) is 2. The molecule has 18 heavy (non-hydrogen) atoms. The molecule has 0 spiro atoms. The molecular formula is C14H12FNO2. The molecule has 0 bridgehead atoms. The van der Waals surface area contributed by atoms with Gasteiger partial charge in [0.25, 0.3) is 0 Å². The lowest BCUT2D eigenvalue weighted by atomic mass is 10.1. The molecule has 92 valence electrons. The Bertz CT molecular complexity index is 555. The average Bonchev–Trinajstić information content (AvgIpc) is 3.21. The third kappa shape index (κ3) is 2.49. The summed E-state index contributed by atoms with van der Waals surface area (Å²) in [7, 11) is 0. The molecule has 1 aromatic carbocycles. The Kier molecular flexibility index (Phi) is 2.94. The molecule has 0 N–H and O–H groups in total. The van der Waals surface area contributed by atoms with Crippen molar-refractivity contribution in [3.63, 3.8) is 0 Å². The van der Waals surface area contributed by atoms with Crippen molar-refractivity contribution in [2.24, 2.45) is 0 Å². The van der Waals surface area contributed by atoms with Gasteiger partial charge in [0, 0.05) is 17.8 Å². The van der Waals surface area contributed by atoms with Gasteiger partial charge in [0.15, 0.2) is 0 Å². The highest BCUT2D eigenvalue weighted by molar-refractivity contribution is 5.69. The predicted molar refractivity (Wildman–Crippen MR) is 64.9 cm³/mol. The van der Waals surface area contributed by atoms with E-state index in [1.165, 1.54) is 12.3 Å². The fourth-order valence-corrected chi connectivity index (χ4v) is 1.75. The van der Waals surface area contributed by atoms with Crippen LogP contribution >= 0.6 is 0 Å². The number of hydrogen-bond acceptors (Lipinski definition) is 3. The first kappa shape index (κ1) is 11.2. The van der Waals surface area contributed by atoms with Crippen LogP contribution in [0.4, 0.5) is 4.39 Å². The highest BCUT2D eigenvalue weighted by Gasteiger charge is 2.23. The maximum absolute atomic E-state index is 13.1. The van der Waals surface area contributed by atoms with Crippen LogP contribution in [0.2, 0.25) is 0 Å². The summed E-state index contributed by atoms with van der Waals surface area (Å²) < 4.78 is 23.9. The largest absolute Gasteiger partial charge is 0.490 e. The molecule has 1 fully saturated rings. The summed E-state index contributed by atoms with van der Waals surface area (Å²) in [4.78, 5) is 3.55. The first-order chi connectivity index (χ1) is 8.83. The van der Waals surface area contributed by atoms with Crippen LogP contribution in [0, 0.1) is 5.95 Å². The van der Waals surface area contributed by atoms with Crippen molar-refractivity contribution in [3.8, 4) is 16.9 Å². The predicted octanol–water partition coefficient (Wildman–Crippen LogP) is 2.67. The molecule has 1 aliphatic rings. The van der Waals surface area contributed by atoms with Crippen molar-refractivity contribution >= 4 is 0 Å². The number of pyridine rings is 1. The Labute approximate surface area is 104 Å². The summed E-state index contributed by atoms with van der Waals surface area (Å²) in [5, 5.41) is 0. The van der Waals surface area contributed by atoms with Crippen LogP contribution in [0.5, 0.6) is 5.75 Å². The van der Waals surface area contributed by atoms with E-state index in [0.29, 0.717) is 6.61 Å². The van der Waals surface area contributed by atoms with Crippen molar-refractivity contribution < 1.29 is 13.9 Å². The van der Waals surface area contributed by atoms with Gasteiger partial charge in [-0.2, -0.15) is 4.39 Å². The minimum atomic E-state index is -0.493. The summed E-state index contributed by atoms with van der Waals surface area (Å²) >= 11 is 0. The smallest absolute Gasteiger partial charge is 0.213 e. The molecule has 0 unspecified atom stereocenters. The van der Waals surface area contributed by atoms with Gasteiger partial charge in [0.05, 0.1) is 6.61 Å². The number of benzene rings is 1. The zero-order valence-corrected chi connectivity index (χ0v) is 9.67. The van der Waals surface area contributed by atoms with Crippen LogP contribution in [0.25, 0.3) is 11.1 Å². The molecule has 0 amide bonds. The number of rotatable bonds is 4. The lowest BCUT2D eigenvalue weighted by Gasteiger charge is -2.10. The van der Waals surface area contributed by atoms with Crippen molar-refractivity contribution in [2.45, 2.75) is 6.10 Å². The molecule has 1 atom stereocenters. The Morgan fingerprint density at radius 1 is 1.33 bits per heavy atom. The molecular weight excluding hydrogens is 233 g/mol. The molecule has 0 saturated carbocycles. The Morgan fingerprint density at radius 2 is 2.17 bits per heavy atom. The van der Waals surface area contributed by atoms with Gasteiger partial charge in [-0.15, -0.1) is 0 Å². The molecule has 1 aliphatic heterocycles. The second-order valence-electron chi connectivity index (χ2n) is 4.13. The van der Waals surface area contributed by atoms with Gasteiger partial charge < -0.3 is 9.47 Å². The van der Waals surface area contributed by atoms with E-state index >= 15 is 0 Å². The van der Waals surface area contributed by atoms with Gasteiger partial charge in [-0.25, -0.2) is 4.98 Å². The van der Waals surface area contributed by atoms with Gasteiger partial charge in [-0.3, -0.25) is 0 Å². The number of nitrogens with zero attached hydrogens (tertiary/aromatic N) is 1. The monoisotopic (exact) mass is 245 g/mol. The summed E-state index contributed by atoms with van der Waals surface area (Å²) in [6, 6.07) is 10.7. The third-order valence-corrected chi connectivity index (χ3v) is 2.75. The quantitative estimate of drug-likeness (QED) is 0.613. The summed E-state index contributed by atoms with van der Waals surface area (Å²) in [5.41, 5.74) is 1.62. The number of halogens is 1. The third-order valence-electron chi connectivity index (χ3n) is 2.75. The molecule has 1 aromatic heterocycles. The van der Waals surface area contributed by atoms with Crippen molar-refractivity contribution in [1.29, 1.82) is 0 Å². The minimum absolute atomic E-state index is 0.201. The van der Waals surface area contributed by atoms with Gasteiger partial charge in [0.1, 0.15) is 18.5 Å². The van der Waals surface area contributed by atoms with Gasteiger partial charge >= 0.3 is 0 Å². The fourth-order valence-electron chi connectivity index (χ4n) is 1.75. The van der Waals surface area contributed by atoms with E-state index in [4.69, 9.17) is 9.47 Å². The SMILES string of the molecule is Fc1cc(-c2ccccc2OC[C@@H]2CO2)ccn1. The van der Waals surface area contributed by atoms with Crippen molar-refractivity contribution in [1.82, 2.24) is 4.98 Å². The Morgan fingerprint density at radius 3 is 2.94 bits per heavy atom. The second kappa shape index (κ2) is 4.74. The number of epoxide rings is 1. The van der Waals surface area contributed by atoms with E-state index in [1.807, 2.05) is 24.3 Å². The van der Waals surface area contributed by atoms with Crippen molar-refractivity contribution in [2.75, 3.05) is 13.2 Å². The molecule has 1 saturated heterocycles. The van der Waals surface area contributed by atoms with Crippen molar-refractivity contribution in [3.05, 3.63) is 48.5 Å². The summed E-state index contributed by atoms with van der Waals surface area (Å²) in [6.07, 6.45) is 1.65. The topological polar surface area (TPSA) is 34.6 Å². The first-order valence-corrected chi connectivity index (χ1v) is 5.78. The normalized spacial score (nSPS) is 17.5. The van der Waals surface area contributed by atoms with Crippen LogP contribution < -0.4 is 4.74 Å². The molecule has 3 nitrogen and oxygen atoms in total. The van der Waals surface area contributed by atoms with Crippen LogP contribution in [-0.4, -0.2) is 24.3 Å². The highest BCUT2D eigenvalue weighted by atomic mass is 19.1. The molecule has 0 aliphatic carbocycles. The summed E-state index contributed by atoms with van der Waals surface area (Å²) in [6.45, 7) is 1.29. The van der Waals surface area contributed by atoms with Gasteiger partial charge in [0.2, 0.25) is 5.95 Å². The molecule has 0 radical (unpaired) electrons. The van der Waals surface area contributed by atoms with E-state index in [2.05, 4.69) is 4.98 Å². The van der Waals surface area contributed by atoms with E-state index in [-0.39, 0.29) is 6.10 Å². The number of aromatic nitrogens is 1. The number of hydrogen-bond donors (Lipinski definition) is 0. The lowest BCUT2D eigenvalue weighted by Crippen LogP contribution is -2.04. The number of para-hydroxylation sites is 1. The van der Waals surface area contributed by atoms with E-state index in [0.717, 1.165) is 23.5 Å².